The Balaban J connectivity index is 0.00000300. The van der Waals surface area contributed by atoms with E-state index in [-0.39, 0.29) is 30.0 Å². The van der Waals surface area contributed by atoms with Crippen molar-refractivity contribution in [3.8, 4) is 5.75 Å². The summed E-state index contributed by atoms with van der Waals surface area (Å²) >= 11 is 1.73. The van der Waals surface area contributed by atoms with Crippen LogP contribution in [-0.2, 0) is 6.54 Å². The number of hydrogen-bond donors (Lipinski definition) is 2. The SMILES string of the molecule is CN=C(NCc1nc(C)c(C)s1)NCC(c1ccccc1OC)N1CCCC1.I. The normalized spacial score (nSPS) is 15.7. The number of nitrogens with zero attached hydrogens (tertiary/aromatic N) is 3. The molecule has 29 heavy (non-hydrogen) atoms. The summed E-state index contributed by atoms with van der Waals surface area (Å²) in [6.07, 6.45) is 2.50. The van der Waals surface area contributed by atoms with Crippen LogP contribution in [0.15, 0.2) is 29.3 Å². The Morgan fingerprint density at radius 3 is 2.59 bits per heavy atom. The predicted octanol–water partition coefficient (Wildman–Crippen LogP) is 3.89. The molecule has 1 saturated heterocycles. The molecule has 1 aliphatic heterocycles. The number of para-hydroxylation sites is 1. The number of aryl methyl sites for hydroxylation is 2. The molecule has 1 aromatic carbocycles. The van der Waals surface area contributed by atoms with Crippen molar-refractivity contribution in [3.05, 3.63) is 45.4 Å². The van der Waals surface area contributed by atoms with E-state index in [1.165, 1.54) is 23.3 Å². The highest BCUT2D eigenvalue weighted by Gasteiger charge is 2.26. The third-order valence-corrected chi connectivity index (χ3v) is 6.32. The number of hydrogen-bond acceptors (Lipinski definition) is 5. The molecule has 1 aromatic heterocycles. The molecule has 2 aromatic rings. The zero-order valence-corrected chi connectivity index (χ0v) is 20.8. The van der Waals surface area contributed by atoms with Crippen LogP contribution in [0, 0.1) is 13.8 Å². The molecule has 2 N–H and O–H groups in total. The van der Waals surface area contributed by atoms with Crippen molar-refractivity contribution < 1.29 is 4.74 Å². The second kappa shape index (κ2) is 11.7. The third-order valence-electron chi connectivity index (χ3n) is 5.25. The van der Waals surface area contributed by atoms with Crippen LogP contribution in [0.1, 0.15) is 40.0 Å². The van der Waals surface area contributed by atoms with Crippen molar-refractivity contribution in [2.24, 2.45) is 4.99 Å². The minimum absolute atomic E-state index is 0. The van der Waals surface area contributed by atoms with Crippen LogP contribution >= 0.6 is 35.3 Å². The first-order valence-corrected chi connectivity index (χ1v) is 10.7. The van der Waals surface area contributed by atoms with E-state index >= 15 is 0 Å². The fourth-order valence-corrected chi connectivity index (χ4v) is 4.49. The zero-order valence-electron chi connectivity index (χ0n) is 17.7. The number of likely N-dealkylation sites (tertiary alicyclic amines) is 1. The number of aromatic nitrogens is 1. The van der Waals surface area contributed by atoms with E-state index in [0.29, 0.717) is 6.54 Å². The van der Waals surface area contributed by atoms with Gasteiger partial charge in [0.05, 0.1) is 25.4 Å². The van der Waals surface area contributed by atoms with E-state index in [2.05, 4.69) is 51.5 Å². The van der Waals surface area contributed by atoms with Gasteiger partial charge in [0.1, 0.15) is 10.8 Å². The number of guanidine groups is 1. The highest BCUT2D eigenvalue weighted by molar-refractivity contribution is 14.0. The summed E-state index contributed by atoms with van der Waals surface area (Å²) in [4.78, 5) is 12.8. The smallest absolute Gasteiger partial charge is 0.191 e. The van der Waals surface area contributed by atoms with E-state index in [1.54, 1.807) is 18.4 Å². The lowest BCUT2D eigenvalue weighted by Gasteiger charge is -2.30. The molecule has 1 unspecified atom stereocenters. The number of benzene rings is 1. The second-order valence-electron chi connectivity index (χ2n) is 7.06. The molecule has 6 nitrogen and oxygen atoms in total. The van der Waals surface area contributed by atoms with Gasteiger partial charge in [-0.1, -0.05) is 18.2 Å². The molecule has 3 rings (SSSR count). The maximum atomic E-state index is 5.63. The maximum Gasteiger partial charge on any atom is 0.191 e. The predicted molar refractivity (Wildman–Crippen MR) is 132 cm³/mol. The highest BCUT2D eigenvalue weighted by atomic mass is 127. The van der Waals surface area contributed by atoms with Gasteiger partial charge in [0, 0.05) is 24.0 Å². The molecule has 8 heteroatoms. The molecule has 1 aliphatic rings. The van der Waals surface area contributed by atoms with Gasteiger partial charge in [0.25, 0.3) is 0 Å². The van der Waals surface area contributed by atoms with Crippen molar-refractivity contribution in [2.45, 2.75) is 39.3 Å². The van der Waals surface area contributed by atoms with E-state index in [4.69, 9.17) is 4.74 Å². The maximum absolute atomic E-state index is 5.63. The number of rotatable bonds is 7. The molecule has 0 aliphatic carbocycles. The number of methoxy groups -OCH3 is 1. The Hall–Kier alpha value is -1.39. The van der Waals surface area contributed by atoms with Gasteiger partial charge >= 0.3 is 0 Å². The molecule has 0 saturated carbocycles. The van der Waals surface area contributed by atoms with Crippen molar-refractivity contribution in [1.29, 1.82) is 0 Å². The van der Waals surface area contributed by atoms with Gasteiger partial charge in [-0.3, -0.25) is 9.89 Å². The quantitative estimate of drug-likeness (QED) is 0.324. The second-order valence-corrected chi connectivity index (χ2v) is 8.34. The van der Waals surface area contributed by atoms with E-state index in [1.807, 2.05) is 19.2 Å². The van der Waals surface area contributed by atoms with Crippen molar-refractivity contribution in [3.63, 3.8) is 0 Å². The minimum atomic E-state index is 0. The van der Waals surface area contributed by atoms with Crippen LogP contribution in [-0.4, -0.2) is 49.6 Å². The summed E-state index contributed by atoms with van der Waals surface area (Å²) in [6.45, 7) is 7.86. The standard InChI is InChI=1S/C21H31N5OS.HI/c1-15-16(2)28-20(25-15)14-24-21(22-3)23-13-18(26-11-7-8-12-26)17-9-5-6-10-19(17)27-4;/h5-6,9-10,18H,7-8,11-14H2,1-4H3,(H2,22,23,24);1H. The fourth-order valence-electron chi connectivity index (χ4n) is 3.62. The molecule has 1 atom stereocenters. The first-order chi connectivity index (χ1) is 13.6. The molecule has 0 radical (unpaired) electrons. The molecular weight excluding hydrogens is 497 g/mol. The van der Waals surface area contributed by atoms with Gasteiger partial charge in [0.15, 0.2) is 5.96 Å². The zero-order chi connectivity index (χ0) is 19.9. The number of halogens is 1. The molecule has 0 amide bonds. The van der Waals surface area contributed by atoms with Crippen LogP contribution in [0.5, 0.6) is 5.75 Å². The average molecular weight is 529 g/mol. The Morgan fingerprint density at radius 1 is 1.24 bits per heavy atom. The molecule has 0 bridgehead atoms. The number of ether oxygens (including phenoxy) is 1. The Kier molecular flexibility index (Phi) is 9.64. The summed E-state index contributed by atoms with van der Waals surface area (Å²) in [5, 5.41) is 7.98. The largest absolute Gasteiger partial charge is 0.496 e. The monoisotopic (exact) mass is 529 g/mol. The van der Waals surface area contributed by atoms with Gasteiger partial charge in [-0.2, -0.15) is 0 Å². The van der Waals surface area contributed by atoms with Crippen molar-refractivity contribution >= 4 is 41.3 Å². The molecule has 0 spiro atoms. The average Bonchev–Trinajstić information content (AvgIpc) is 3.35. The van der Waals surface area contributed by atoms with Crippen LogP contribution in [0.3, 0.4) is 0 Å². The van der Waals surface area contributed by atoms with Gasteiger partial charge in [-0.15, -0.1) is 35.3 Å². The summed E-state index contributed by atoms with van der Waals surface area (Å²) in [5.74, 6) is 1.74. The van der Waals surface area contributed by atoms with E-state index < -0.39 is 0 Å². The van der Waals surface area contributed by atoms with Crippen LogP contribution in [0.2, 0.25) is 0 Å². The van der Waals surface area contributed by atoms with Gasteiger partial charge in [-0.05, 0) is 45.8 Å². The van der Waals surface area contributed by atoms with Gasteiger partial charge < -0.3 is 15.4 Å². The van der Waals surface area contributed by atoms with E-state index in [0.717, 1.165) is 42.0 Å². The van der Waals surface area contributed by atoms with Crippen molar-refractivity contribution in [2.75, 3.05) is 33.8 Å². The first-order valence-electron chi connectivity index (χ1n) is 9.86. The van der Waals surface area contributed by atoms with Crippen molar-refractivity contribution in [1.82, 2.24) is 20.5 Å². The summed E-state index contributed by atoms with van der Waals surface area (Å²) in [6, 6.07) is 8.57. The summed E-state index contributed by atoms with van der Waals surface area (Å²) in [5.41, 5.74) is 2.33. The fraction of sp³-hybridized carbons (Fsp3) is 0.524. The Morgan fingerprint density at radius 2 is 1.97 bits per heavy atom. The van der Waals surface area contributed by atoms with Crippen LogP contribution in [0.25, 0.3) is 0 Å². The number of thiazole rings is 1. The Labute approximate surface area is 195 Å². The first kappa shape index (κ1) is 23.9. The molecular formula is C21H32IN5OS. The van der Waals surface area contributed by atoms with Crippen LogP contribution in [0.4, 0.5) is 0 Å². The molecule has 1 fully saturated rings. The van der Waals surface area contributed by atoms with Crippen LogP contribution < -0.4 is 15.4 Å². The molecule has 160 valence electrons. The number of nitrogens with one attached hydrogen (secondary N) is 2. The number of aliphatic imine (C=N–C) groups is 1. The molecule has 2 heterocycles. The summed E-state index contributed by atoms with van der Waals surface area (Å²) in [7, 11) is 3.55. The topological polar surface area (TPSA) is 61.8 Å². The van der Waals surface area contributed by atoms with Gasteiger partial charge in [-0.25, -0.2) is 4.98 Å². The lowest BCUT2D eigenvalue weighted by atomic mass is 10.0. The van der Waals surface area contributed by atoms with Gasteiger partial charge in [0.2, 0.25) is 0 Å². The van der Waals surface area contributed by atoms with E-state index in [9.17, 15) is 0 Å². The third kappa shape index (κ3) is 6.29. The highest BCUT2D eigenvalue weighted by Crippen LogP contribution is 2.31. The lowest BCUT2D eigenvalue weighted by molar-refractivity contribution is 0.239. The minimum Gasteiger partial charge on any atom is -0.496 e. The summed E-state index contributed by atoms with van der Waals surface area (Å²) < 4.78 is 5.63. The lowest BCUT2D eigenvalue weighted by Crippen LogP contribution is -2.42. The Bertz CT molecular complexity index is 785.